The van der Waals surface area contributed by atoms with Gasteiger partial charge in [-0.25, -0.2) is 13.8 Å². The van der Waals surface area contributed by atoms with E-state index in [-0.39, 0.29) is 5.69 Å². The van der Waals surface area contributed by atoms with Crippen molar-refractivity contribution in [3.8, 4) is 5.69 Å². The minimum Gasteiger partial charge on any atom is -0.314 e. The van der Waals surface area contributed by atoms with E-state index in [0.717, 1.165) is 11.8 Å². The predicted molar refractivity (Wildman–Crippen MR) is 63.9 cm³/mol. The van der Waals surface area contributed by atoms with Gasteiger partial charge >= 0.3 is 0 Å². The molecule has 0 aliphatic rings. The predicted octanol–water partition coefficient (Wildman–Crippen LogP) is 2.63. The Bertz CT molecular complexity index is 516. The van der Waals surface area contributed by atoms with Crippen LogP contribution in [0.1, 0.15) is 5.69 Å². The van der Waals surface area contributed by atoms with Crippen molar-refractivity contribution in [1.29, 1.82) is 0 Å². The number of nitrogens with one attached hydrogen (secondary N) is 1. The third-order valence-electron chi connectivity index (χ3n) is 2.23. The van der Waals surface area contributed by atoms with Crippen LogP contribution in [0.15, 0.2) is 29.1 Å². The van der Waals surface area contributed by atoms with Gasteiger partial charge in [0.25, 0.3) is 0 Å². The Hall–Kier alpha value is -1.27. The highest BCUT2D eigenvalue weighted by molar-refractivity contribution is 9.10. The molecule has 17 heavy (non-hydrogen) atoms. The highest BCUT2D eigenvalue weighted by Gasteiger charge is 2.12. The van der Waals surface area contributed by atoms with Crippen molar-refractivity contribution in [1.82, 2.24) is 14.9 Å². The highest BCUT2D eigenvalue weighted by Crippen LogP contribution is 2.25. The quantitative estimate of drug-likeness (QED) is 0.944. The number of rotatable bonds is 3. The maximum absolute atomic E-state index is 13.7. The number of halogens is 3. The molecule has 1 aromatic heterocycles. The molecule has 3 nitrogen and oxygen atoms in total. The van der Waals surface area contributed by atoms with E-state index in [4.69, 9.17) is 0 Å². The van der Waals surface area contributed by atoms with Crippen molar-refractivity contribution >= 4 is 15.9 Å². The van der Waals surface area contributed by atoms with Gasteiger partial charge in [0.1, 0.15) is 5.82 Å². The number of hydrogen-bond donors (Lipinski definition) is 1. The molecule has 0 saturated heterocycles. The van der Waals surface area contributed by atoms with Crippen LogP contribution in [0, 0.1) is 11.6 Å². The van der Waals surface area contributed by atoms with Crippen molar-refractivity contribution in [3.05, 3.63) is 46.5 Å². The maximum atomic E-state index is 13.7. The third kappa shape index (κ3) is 2.53. The second-order valence-electron chi connectivity index (χ2n) is 3.52. The van der Waals surface area contributed by atoms with Crippen LogP contribution in [0.25, 0.3) is 5.69 Å². The molecule has 6 heteroatoms. The Balaban J connectivity index is 2.45. The second kappa shape index (κ2) is 4.93. The molecule has 0 amide bonds. The molecule has 0 saturated carbocycles. The fourth-order valence-electron chi connectivity index (χ4n) is 1.54. The fourth-order valence-corrected chi connectivity index (χ4v) is 2.15. The average molecular weight is 302 g/mol. The normalized spacial score (nSPS) is 10.8. The van der Waals surface area contributed by atoms with Gasteiger partial charge in [0, 0.05) is 23.3 Å². The van der Waals surface area contributed by atoms with E-state index in [9.17, 15) is 8.78 Å². The molecule has 1 aromatic carbocycles. The molecule has 0 radical (unpaired) electrons. The Morgan fingerprint density at radius 3 is 2.82 bits per heavy atom. The molecular formula is C11H10BrF2N3. The average Bonchev–Trinajstić information content (AvgIpc) is 2.65. The minimum atomic E-state index is -0.634. The monoisotopic (exact) mass is 301 g/mol. The van der Waals surface area contributed by atoms with Gasteiger partial charge in [-0.3, -0.25) is 0 Å². The molecule has 1 heterocycles. The lowest BCUT2D eigenvalue weighted by Crippen LogP contribution is -2.05. The fraction of sp³-hybridized carbons (Fsp3) is 0.182. The summed E-state index contributed by atoms with van der Waals surface area (Å²) in [6.45, 7) is 0.591. The zero-order valence-corrected chi connectivity index (χ0v) is 10.6. The molecular weight excluding hydrogens is 292 g/mol. The SMILES string of the molecule is CNCc1cn(-c2c(F)cc(F)cc2Br)cn1. The van der Waals surface area contributed by atoms with E-state index >= 15 is 0 Å². The molecule has 1 N–H and O–H groups in total. The first-order valence-electron chi connectivity index (χ1n) is 4.94. The van der Waals surface area contributed by atoms with Crippen LogP contribution in [0.2, 0.25) is 0 Å². The van der Waals surface area contributed by atoms with Gasteiger partial charge in [-0.15, -0.1) is 0 Å². The van der Waals surface area contributed by atoms with Crippen molar-refractivity contribution in [2.24, 2.45) is 0 Å². The smallest absolute Gasteiger partial charge is 0.151 e. The van der Waals surface area contributed by atoms with Crippen LogP contribution in [-0.4, -0.2) is 16.6 Å². The Morgan fingerprint density at radius 2 is 2.18 bits per heavy atom. The molecule has 0 fully saturated rings. The second-order valence-corrected chi connectivity index (χ2v) is 4.37. The van der Waals surface area contributed by atoms with Crippen LogP contribution >= 0.6 is 15.9 Å². The van der Waals surface area contributed by atoms with E-state index in [2.05, 4.69) is 26.2 Å². The van der Waals surface area contributed by atoms with Crippen LogP contribution in [0.4, 0.5) is 8.78 Å². The lowest BCUT2D eigenvalue weighted by atomic mass is 10.3. The zero-order valence-electron chi connectivity index (χ0n) is 9.04. The van der Waals surface area contributed by atoms with E-state index in [1.165, 1.54) is 17.0 Å². The standard InChI is InChI=1S/C11H10BrF2N3/c1-15-4-8-5-17(6-16-8)11-9(12)2-7(13)3-10(11)14/h2-3,5-6,15H,4H2,1H3. The van der Waals surface area contributed by atoms with Gasteiger partial charge in [0.2, 0.25) is 0 Å². The summed E-state index contributed by atoms with van der Waals surface area (Å²) in [6, 6.07) is 2.06. The molecule has 0 aliphatic carbocycles. The molecule has 0 aliphatic heterocycles. The van der Waals surface area contributed by atoms with E-state index < -0.39 is 11.6 Å². The highest BCUT2D eigenvalue weighted by atomic mass is 79.9. The van der Waals surface area contributed by atoms with Crippen molar-refractivity contribution < 1.29 is 8.78 Å². The molecule has 2 aromatic rings. The van der Waals surface area contributed by atoms with Crippen molar-refractivity contribution in [2.45, 2.75) is 6.54 Å². The molecule has 0 spiro atoms. The van der Waals surface area contributed by atoms with Gasteiger partial charge in [-0.1, -0.05) is 0 Å². The summed E-state index contributed by atoms with van der Waals surface area (Å²) in [5, 5.41) is 2.95. The van der Waals surface area contributed by atoms with E-state index in [1.54, 1.807) is 13.2 Å². The van der Waals surface area contributed by atoms with Crippen LogP contribution in [-0.2, 0) is 6.54 Å². The topological polar surface area (TPSA) is 29.9 Å². The largest absolute Gasteiger partial charge is 0.314 e. The minimum absolute atomic E-state index is 0.251. The number of aromatic nitrogens is 2. The van der Waals surface area contributed by atoms with Crippen LogP contribution in [0.5, 0.6) is 0 Å². The molecule has 90 valence electrons. The number of imidazole rings is 1. The Labute approximate surface area is 106 Å². The summed E-state index contributed by atoms with van der Waals surface area (Å²) in [5.41, 5.74) is 1.03. The molecule has 0 unspecified atom stereocenters. The van der Waals surface area contributed by atoms with E-state index in [1.807, 2.05) is 0 Å². The number of nitrogens with zero attached hydrogens (tertiary/aromatic N) is 2. The summed E-state index contributed by atoms with van der Waals surface area (Å²) in [6.07, 6.45) is 3.19. The number of benzene rings is 1. The third-order valence-corrected chi connectivity index (χ3v) is 2.84. The Morgan fingerprint density at radius 1 is 1.41 bits per heavy atom. The summed E-state index contributed by atoms with van der Waals surface area (Å²) in [7, 11) is 1.80. The van der Waals surface area contributed by atoms with Crippen molar-refractivity contribution in [2.75, 3.05) is 7.05 Å². The lowest BCUT2D eigenvalue weighted by Gasteiger charge is -2.06. The summed E-state index contributed by atoms with van der Waals surface area (Å²) in [4.78, 5) is 4.11. The summed E-state index contributed by atoms with van der Waals surface area (Å²) in [5.74, 6) is -1.25. The number of hydrogen-bond acceptors (Lipinski definition) is 2. The van der Waals surface area contributed by atoms with E-state index in [0.29, 0.717) is 11.0 Å². The lowest BCUT2D eigenvalue weighted by molar-refractivity contribution is 0.576. The summed E-state index contributed by atoms with van der Waals surface area (Å²) >= 11 is 3.14. The van der Waals surface area contributed by atoms with Gasteiger partial charge in [-0.2, -0.15) is 0 Å². The first kappa shape index (κ1) is 12.2. The van der Waals surface area contributed by atoms with Gasteiger partial charge < -0.3 is 9.88 Å². The summed E-state index contributed by atoms with van der Waals surface area (Å²) < 4.78 is 28.5. The maximum Gasteiger partial charge on any atom is 0.151 e. The first-order chi connectivity index (χ1) is 8.11. The van der Waals surface area contributed by atoms with Crippen LogP contribution < -0.4 is 5.32 Å². The zero-order chi connectivity index (χ0) is 12.4. The molecule has 2 rings (SSSR count). The molecule has 0 atom stereocenters. The van der Waals surface area contributed by atoms with Gasteiger partial charge in [-0.05, 0) is 29.0 Å². The van der Waals surface area contributed by atoms with Gasteiger partial charge in [0.15, 0.2) is 5.82 Å². The first-order valence-corrected chi connectivity index (χ1v) is 5.73. The van der Waals surface area contributed by atoms with Crippen LogP contribution in [0.3, 0.4) is 0 Å². The molecule has 0 bridgehead atoms. The Kier molecular flexibility index (Phi) is 3.54. The van der Waals surface area contributed by atoms with Gasteiger partial charge in [0.05, 0.1) is 17.7 Å². The van der Waals surface area contributed by atoms with Crippen molar-refractivity contribution in [3.63, 3.8) is 0 Å².